The van der Waals surface area contributed by atoms with Gasteiger partial charge in [0.05, 0.1) is 12.2 Å². The van der Waals surface area contributed by atoms with Crippen molar-refractivity contribution in [2.45, 2.75) is 64.2 Å². The molecule has 2 rings (SSSR count). The van der Waals surface area contributed by atoms with Gasteiger partial charge in [-0.05, 0) is 50.9 Å². The van der Waals surface area contributed by atoms with E-state index in [1.54, 1.807) is 0 Å². The largest absolute Gasteiger partial charge is 0.375 e. The molecule has 0 aromatic carbocycles. The average molecular weight is 197 g/mol. The van der Waals surface area contributed by atoms with Crippen molar-refractivity contribution in [2.24, 2.45) is 17.6 Å². The van der Waals surface area contributed by atoms with E-state index in [1.807, 2.05) is 0 Å². The number of rotatable bonds is 2. The second-order valence-corrected chi connectivity index (χ2v) is 5.24. The molecule has 0 aromatic rings. The minimum absolute atomic E-state index is 0.443. The monoisotopic (exact) mass is 197 g/mol. The van der Waals surface area contributed by atoms with Crippen molar-refractivity contribution in [3.8, 4) is 0 Å². The van der Waals surface area contributed by atoms with Crippen LogP contribution in [0.25, 0.3) is 0 Å². The molecule has 1 saturated carbocycles. The minimum atomic E-state index is 0.443. The Bertz CT molecular complexity index is 195. The van der Waals surface area contributed by atoms with Crippen LogP contribution in [0.15, 0.2) is 0 Å². The fourth-order valence-electron chi connectivity index (χ4n) is 3.01. The highest BCUT2D eigenvalue weighted by molar-refractivity contribution is 4.87. The van der Waals surface area contributed by atoms with Crippen molar-refractivity contribution in [1.82, 2.24) is 0 Å². The zero-order valence-electron chi connectivity index (χ0n) is 9.41. The lowest BCUT2D eigenvalue weighted by Gasteiger charge is -2.21. The Labute approximate surface area is 87.2 Å². The van der Waals surface area contributed by atoms with E-state index in [2.05, 4.69) is 13.8 Å². The van der Waals surface area contributed by atoms with Gasteiger partial charge in [-0.3, -0.25) is 0 Å². The van der Waals surface area contributed by atoms with E-state index in [1.165, 1.54) is 32.1 Å². The molecule has 5 unspecified atom stereocenters. The van der Waals surface area contributed by atoms with E-state index in [-0.39, 0.29) is 0 Å². The van der Waals surface area contributed by atoms with Gasteiger partial charge < -0.3 is 10.5 Å². The van der Waals surface area contributed by atoms with Crippen LogP contribution < -0.4 is 5.73 Å². The summed E-state index contributed by atoms with van der Waals surface area (Å²) in [5.74, 6) is 1.52. The van der Waals surface area contributed by atoms with Crippen molar-refractivity contribution in [3.05, 3.63) is 0 Å². The molecular weight excluding hydrogens is 174 g/mol. The van der Waals surface area contributed by atoms with Crippen LogP contribution in [-0.2, 0) is 4.74 Å². The van der Waals surface area contributed by atoms with Crippen LogP contribution in [0.2, 0.25) is 0 Å². The smallest absolute Gasteiger partial charge is 0.0582 e. The van der Waals surface area contributed by atoms with Gasteiger partial charge in [-0.1, -0.05) is 6.92 Å². The molecule has 82 valence electrons. The lowest BCUT2D eigenvalue weighted by Crippen LogP contribution is -2.26. The third-order valence-corrected chi connectivity index (χ3v) is 4.18. The summed E-state index contributed by atoms with van der Waals surface area (Å²) in [5.41, 5.74) is 6.03. The molecule has 1 saturated heterocycles. The predicted octanol–water partition coefficient (Wildman–Crippen LogP) is 2.32. The van der Waals surface area contributed by atoms with Crippen molar-refractivity contribution in [1.29, 1.82) is 0 Å². The van der Waals surface area contributed by atoms with Gasteiger partial charge in [-0.2, -0.15) is 0 Å². The molecule has 1 heterocycles. The van der Waals surface area contributed by atoms with Gasteiger partial charge in [-0.25, -0.2) is 0 Å². The first-order chi connectivity index (χ1) is 6.66. The first-order valence-electron chi connectivity index (χ1n) is 6.08. The summed E-state index contributed by atoms with van der Waals surface area (Å²) in [4.78, 5) is 0. The molecule has 2 heteroatoms. The molecule has 5 atom stereocenters. The second kappa shape index (κ2) is 4.19. The number of ether oxygens (including phenoxy) is 1. The average Bonchev–Trinajstić information content (AvgIpc) is 2.67. The van der Waals surface area contributed by atoms with E-state index < -0.39 is 0 Å². The van der Waals surface area contributed by atoms with Crippen LogP contribution in [-0.4, -0.2) is 18.2 Å². The van der Waals surface area contributed by atoms with Crippen LogP contribution in [0.3, 0.4) is 0 Å². The standard InChI is InChI=1S/C12H23NO/c1-8-3-5-11(14-8)7-10-4-6-12(13)9(10)2/h8-12H,3-7,13H2,1-2H3. The Morgan fingerprint density at radius 1 is 1.14 bits per heavy atom. The molecule has 0 spiro atoms. The second-order valence-electron chi connectivity index (χ2n) is 5.24. The summed E-state index contributed by atoms with van der Waals surface area (Å²) in [6.07, 6.45) is 7.31. The fraction of sp³-hybridized carbons (Fsp3) is 1.00. The maximum atomic E-state index is 6.03. The van der Waals surface area contributed by atoms with E-state index in [0.29, 0.717) is 24.2 Å². The molecule has 2 fully saturated rings. The third kappa shape index (κ3) is 2.12. The highest BCUT2D eigenvalue weighted by Crippen LogP contribution is 2.36. The zero-order valence-corrected chi connectivity index (χ0v) is 9.41. The van der Waals surface area contributed by atoms with Crippen LogP contribution in [0.4, 0.5) is 0 Å². The van der Waals surface area contributed by atoms with Gasteiger partial charge in [0.2, 0.25) is 0 Å². The molecule has 0 bridgehead atoms. The SMILES string of the molecule is CC1CCC(CC2CCC(N)C2C)O1. The summed E-state index contributed by atoms with van der Waals surface area (Å²) in [6.45, 7) is 4.49. The molecule has 14 heavy (non-hydrogen) atoms. The van der Waals surface area contributed by atoms with Gasteiger partial charge in [0.15, 0.2) is 0 Å². The molecule has 0 aromatic heterocycles. The minimum Gasteiger partial charge on any atom is -0.375 e. The predicted molar refractivity (Wildman–Crippen MR) is 58.0 cm³/mol. The highest BCUT2D eigenvalue weighted by atomic mass is 16.5. The van der Waals surface area contributed by atoms with E-state index in [4.69, 9.17) is 10.5 Å². The van der Waals surface area contributed by atoms with E-state index in [9.17, 15) is 0 Å². The van der Waals surface area contributed by atoms with Crippen LogP contribution in [0.5, 0.6) is 0 Å². The van der Waals surface area contributed by atoms with Crippen LogP contribution in [0.1, 0.15) is 46.0 Å². The summed E-state index contributed by atoms with van der Waals surface area (Å²) in [6, 6.07) is 0.443. The topological polar surface area (TPSA) is 35.2 Å². The zero-order chi connectivity index (χ0) is 10.1. The quantitative estimate of drug-likeness (QED) is 0.737. The molecule has 2 aliphatic rings. The van der Waals surface area contributed by atoms with Crippen molar-refractivity contribution >= 4 is 0 Å². The van der Waals surface area contributed by atoms with E-state index >= 15 is 0 Å². The Morgan fingerprint density at radius 3 is 2.43 bits per heavy atom. The lowest BCUT2D eigenvalue weighted by molar-refractivity contribution is 0.0374. The Balaban J connectivity index is 1.80. The van der Waals surface area contributed by atoms with Crippen LogP contribution in [0, 0.1) is 11.8 Å². The molecule has 2 N–H and O–H groups in total. The van der Waals surface area contributed by atoms with Gasteiger partial charge >= 0.3 is 0 Å². The third-order valence-electron chi connectivity index (χ3n) is 4.18. The van der Waals surface area contributed by atoms with E-state index in [0.717, 1.165) is 5.92 Å². The Morgan fingerprint density at radius 2 is 1.93 bits per heavy atom. The summed E-state index contributed by atoms with van der Waals surface area (Å²) < 4.78 is 5.87. The van der Waals surface area contributed by atoms with Crippen molar-refractivity contribution in [3.63, 3.8) is 0 Å². The molecule has 0 radical (unpaired) electrons. The maximum absolute atomic E-state index is 6.03. The molecule has 0 amide bonds. The number of hydrogen-bond donors (Lipinski definition) is 1. The number of hydrogen-bond acceptors (Lipinski definition) is 2. The summed E-state index contributed by atoms with van der Waals surface area (Å²) >= 11 is 0. The Kier molecular flexibility index (Phi) is 3.13. The summed E-state index contributed by atoms with van der Waals surface area (Å²) in [7, 11) is 0. The van der Waals surface area contributed by atoms with Crippen molar-refractivity contribution < 1.29 is 4.74 Å². The number of nitrogens with two attached hydrogens (primary N) is 1. The van der Waals surface area contributed by atoms with Gasteiger partial charge in [0.25, 0.3) is 0 Å². The van der Waals surface area contributed by atoms with Crippen LogP contribution >= 0.6 is 0 Å². The molecule has 1 aliphatic carbocycles. The first-order valence-corrected chi connectivity index (χ1v) is 6.08. The van der Waals surface area contributed by atoms with Crippen molar-refractivity contribution in [2.75, 3.05) is 0 Å². The van der Waals surface area contributed by atoms with Gasteiger partial charge in [0, 0.05) is 6.04 Å². The maximum Gasteiger partial charge on any atom is 0.0582 e. The Hall–Kier alpha value is -0.0800. The lowest BCUT2D eigenvalue weighted by atomic mass is 9.90. The summed E-state index contributed by atoms with van der Waals surface area (Å²) in [5, 5.41) is 0. The highest BCUT2D eigenvalue weighted by Gasteiger charge is 2.33. The normalized spacial score (nSPS) is 48.6. The molecular formula is C12H23NO. The fourth-order valence-corrected chi connectivity index (χ4v) is 3.01. The van der Waals surface area contributed by atoms with Gasteiger partial charge in [0.1, 0.15) is 0 Å². The first kappa shape index (κ1) is 10.4. The molecule has 1 aliphatic heterocycles. The van der Waals surface area contributed by atoms with Gasteiger partial charge in [-0.15, -0.1) is 0 Å². The molecule has 2 nitrogen and oxygen atoms in total.